The number of aromatic nitrogens is 4. The lowest BCUT2D eigenvalue weighted by atomic mass is 9.84. The molecule has 32 heavy (non-hydrogen) atoms. The van der Waals surface area contributed by atoms with Crippen LogP contribution in [0.25, 0.3) is 17.1 Å². The van der Waals surface area contributed by atoms with Gasteiger partial charge in [0.25, 0.3) is 0 Å². The van der Waals surface area contributed by atoms with E-state index in [4.69, 9.17) is 28.3 Å². The standard InChI is InChI=1S/C23H23Cl2N5O2/c24-16-4-6-17(7-5-16)29-21(19-8-11-26-14-20(19)25)27-30(23(29)32)18-9-12-28(13-10-18)22(31)15-2-1-3-15/h4-8,11,14-15,18H,1-3,9-10,12-13H2. The van der Waals surface area contributed by atoms with E-state index in [0.29, 0.717) is 53.1 Å². The summed E-state index contributed by atoms with van der Waals surface area (Å²) in [5.41, 5.74) is 1.05. The van der Waals surface area contributed by atoms with E-state index in [1.54, 1.807) is 45.8 Å². The Morgan fingerprint density at radius 3 is 2.34 bits per heavy atom. The maximum atomic E-state index is 13.5. The van der Waals surface area contributed by atoms with E-state index >= 15 is 0 Å². The summed E-state index contributed by atoms with van der Waals surface area (Å²) >= 11 is 12.5. The molecule has 7 nitrogen and oxygen atoms in total. The fraction of sp³-hybridized carbons (Fsp3) is 0.391. The number of amides is 1. The minimum Gasteiger partial charge on any atom is -0.342 e. The van der Waals surface area contributed by atoms with E-state index in [2.05, 4.69) is 4.98 Å². The molecule has 2 aromatic heterocycles. The van der Waals surface area contributed by atoms with Gasteiger partial charge in [0.05, 0.1) is 16.8 Å². The monoisotopic (exact) mass is 471 g/mol. The third kappa shape index (κ3) is 3.84. The molecule has 0 bridgehead atoms. The number of halogens is 2. The maximum absolute atomic E-state index is 13.5. The van der Waals surface area contributed by atoms with Crippen LogP contribution in [0.5, 0.6) is 0 Å². The Labute approximate surface area is 195 Å². The molecule has 5 rings (SSSR count). The van der Waals surface area contributed by atoms with Gasteiger partial charge in [-0.2, -0.15) is 0 Å². The zero-order valence-electron chi connectivity index (χ0n) is 17.5. The lowest BCUT2D eigenvalue weighted by Gasteiger charge is -2.36. The number of carbonyl (C=O) groups is 1. The topological polar surface area (TPSA) is 73.0 Å². The van der Waals surface area contributed by atoms with Gasteiger partial charge in [0, 0.05) is 42.0 Å². The molecule has 3 heterocycles. The van der Waals surface area contributed by atoms with E-state index in [-0.39, 0.29) is 23.6 Å². The van der Waals surface area contributed by atoms with Gasteiger partial charge in [-0.25, -0.2) is 14.0 Å². The molecule has 0 N–H and O–H groups in total. The Morgan fingerprint density at radius 1 is 1.00 bits per heavy atom. The van der Waals surface area contributed by atoms with Gasteiger partial charge in [0.1, 0.15) is 0 Å². The minimum absolute atomic E-state index is 0.0825. The number of hydrogen-bond donors (Lipinski definition) is 0. The first-order valence-electron chi connectivity index (χ1n) is 10.9. The average molecular weight is 472 g/mol. The second-order valence-corrected chi connectivity index (χ2v) is 9.25. The van der Waals surface area contributed by atoms with E-state index in [1.807, 2.05) is 4.90 Å². The van der Waals surface area contributed by atoms with E-state index in [9.17, 15) is 9.59 Å². The van der Waals surface area contributed by atoms with Crippen molar-refractivity contribution in [3.8, 4) is 17.1 Å². The van der Waals surface area contributed by atoms with Gasteiger partial charge in [-0.1, -0.05) is 29.6 Å². The summed E-state index contributed by atoms with van der Waals surface area (Å²) in [5.74, 6) is 0.912. The zero-order chi connectivity index (χ0) is 22.2. The number of benzene rings is 1. The van der Waals surface area contributed by atoms with Crippen LogP contribution in [0.15, 0.2) is 47.5 Å². The van der Waals surface area contributed by atoms with Gasteiger partial charge in [-0.15, -0.1) is 5.10 Å². The first-order valence-corrected chi connectivity index (χ1v) is 11.6. The van der Waals surface area contributed by atoms with Crippen LogP contribution in [-0.4, -0.2) is 43.2 Å². The fourth-order valence-corrected chi connectivity index (χ4v) is 4.75. The molecule has 1 aliphatic carbocycles. The zero-order valence-corrected chi connectivity index (χ0v) is 19.0. The molecule has 2 fully saturated rings. The summed E-state index contributed by atoms with van der Waals surface area (Å²) < 4.78 is 3.11. The van der Waals surface area contributed by atoms with Crippen LogP contribution >= 0.6 is 23.2 Å². The highest BCUT2D eigenvalue weighted by Gasteiger charge is 2.33. The van der Waals surface area contributed by atoms with Gasteiger partial charge in [-0.05, 0) is 56.0 Å². The predicted octanol–water partition coefficient (Wildman–Crippen LogP) is 4.37. The third-order valence-corrected chi connectivity index (χ3v) is 7.03. The van der Waals surface area contributed by atoms with Crippen LogP contribution in [-0.2, 0) is 4.79 Å². The van der Waals surface area contributed by atoms with Crippen molar-refractivity contribution in [3.05, 3.63) is 63.3 Å². The minimum atomic E-state index is -0.237. The highest BCUT2D eigenvalue weighted by molar-refractivity contribution is 6.33. The number of nitrogens with zero attached hydrogens (tertiary/aromatic N) is 5. The fourth-order valence-electron chi connectivity index (χ4n) is 4.42. The molecule has 0 radical (unpaired) electrons. The summed E-state index contributed by atoms with van der Waals surface area (Å²) in [6.07, 6.45) is 7.70. The summed E-state index contributed by atoms with van der Waals surface area (Å²) in [6.45, 7) is 1.29. The Morgan fingerprint density at radius 2 is 1.72 bits per heavy atom. The van der Waals surface area contributed by atoms with Crippen LogP contribution in [0.4, 0.5) is 0 Å². The average Bonchev–Trinajstić information content (AvgIpc) is 3.10. The normalized spacial score (nSPS) is 17.4. The maximum Gasteiger partial charge on any atom is 0.351 e. The Bertz CT molecular complexity index is 1190. The molecular formula is C23H23Cl2N5O2. The van der Waals surface area contributed by atoms with Gasteiger partial charge < -0.3 is 4.90 Å². The van der Waals surface area contributed by atoms with E-state index in [0.717, 1.165) is 19.3 Å². The second kappa shape index (κ2) is 8.71. The molecule has 3 aromatic rings. The first-order chi connectivity index (χ1) is 15.5. The van der Waals surface area contributed by atoms with Gasteiger partial charge in [0.2, 0.25) is 5.91 Å². The van der Waals surface area contributed by atoms with Crippen molar-refractivity contribution in [3.63, 3.8) is 0 Å². The molecule has 9 heteroatoms. The highest BCUT2D eigenvalue weighted by Crippen LogP contribution is 2.32. The summed E-state index contributed by atoms with van der Waals surface area (Å²) in [4.78, 5) is 32.1. The molecule has 1 saturated carbocycles. The van der Waals surface area contributed by atoms with Crippen molar-refractivity contribution in [2.45, 2.75) is 38.1 Å². The third-order valence-electron chi connectivity index (χ3n) is 6.48. The summed E-state index contributed by atoms with van der Waals surface area (Å²) in [7, 11) is 0. The van der Waals surface area contributed by atoms with Crippen LogP contribution in [0.2, 0.25) is 10.0 Å². The van der Waals surface area contributed by atoms with E-state index < -0.39 is 0 Å². The quantitative estimate of drug-likeness (QED) is 0.566. The smallest absolute Gasteiger partial charge is 0.342 e. The molecule has 1 amide bonds. The Kier molecular flexibility index (Phi) is 5.78. The Balaban J connectivity index is 1.49. The van der Waals surface area contributed by atoms with Crippen molar-refractivity contribution in [1.82, 2.24) is 24.2 Å². The molecule has 0 unspecified atom stereocenters. The molecular weight excluding hydrogens is 449 g/mol. The summed E-state index contributed by atoms with van der Waals surface area (Å²) in [6, 6.07) is 8.72. The Hall–Kier alpha value is -2.64. The van der Waals surface area contributed by atoms with Crippen molar-refractivity contribution < 1.29 is 4.79 Å². The second-order valence-electron chi connectivity index (χ2n) is 8.40. The van der Waals surface area contributed by atoms with Crippen LogP contribution in [0.1, 0.15) is 38.1 Å². The largest absolute Gasteiger partial charge is 0.351 e. The number of piperidine rings is 1. The van der Waals surface area contributed by atoms with Crippen LogP contribution < -0.4 is 5.69 Å². The van der Waals surface area contributed by atoms with E-state index in [1.165, 1.54) is 6.20 Å². The molecule has 1 aliphatic heterocycles. The number of likely N-dealkylation sites (tertiary alicyclic amines) is 1. The van der Waals surface area contributed by atoms with Gasteiger partial charge >= 0.3 is 5.69 Å². The van der Waals surface area contributed by atoms with Crippen molar-refractivity contribution in [1.29, 1.82) is 0 Å². The first kappa shape index (κ1) is 21.2. The SMILES string of the molecule is O=C(C1CCC1)N1CCC(n2nc(-c3ccncc3Cl)n(-c3ccc(Cl)cc3)c2=O)CC1. The summed E-state index contributed by atoms with van der Waals surface area (Å²) in [5, 5.41) is 5.72. The molecule has 0 spiro atoms. The number of carbonyl (C=O) groups excluding carboxylic acids is 1. The number of pyridine rings is 1. The molecule has 1 saturated heterocycles. The number of rotatable bonds is 4. The van der Waals surface area contributed by atoms with Crippen LogP contribution in [0.3, 0.4) is 0 Å². The lowest BCUT2D eigenvalue weighted by molar-refractivity contribution is -0.139. The van der Waals surface area contributed by atoms with Crippen molar-refractivity contribution in [2.24, 2.45) is 5.92 Å². The highest BCUT2D eigenvalue weighted by atomic mass is 35.5. The predicted molar refractivity (Wildman–Crippen MR) is 123 cm³/mol. The lowest BCUT2D eigenvalue weighted by Crippen LogP contribution is -2.45. The number of hydrogen-bond acceptors (Lipinski definition) is 4. The molecule has 1 aromatic carbocycles. The molecule has 0 atom stereocenters. The van der Waals surface area contributed by atoms with Crippen LogP contribution in [0, 0.1) is 5.92 Å². The molecule has 166 valence electrons. The molecule has 2 aliphatic rings. The van der Waals surface area contributed by atoms with Gasteiger partial charge in [-0.3, -0.25) is 9.78 Å². The van der Waals surface area contributed by atoms with Crippen molar-refractivity contribution in [2.75, 3.05) is 13.1 Å². The van der Waals surface area contributed by atoms with Crippen molar-refractivity contribution >= 4 is 29.1 Å². The van der Waals surface area contributed by atoms with Gasteiger partial charge in [0.15, 0.2) is 5.82 Å².